The van der Waals surface area contributed by atoms with Gasteiger partial charge < -0.3 is 20.7 Å². The number of hydrogen-bond acceptors (Lipinski definition) is 4. The van der Waals surface area contributed by atoms with E-state index in [1.54, 1.807) is 27.7 Å². The van der Waals surface area contributed by atoms with Crippen LogP contribution in [0.1, 0.15) is 55.5 Å². The third-order valence-corrected chi connectivity index (χ3v) is 4.85. The minimum absolute atomic E-state index is 0.243. The molecule has 1 aromatic carbocycles. The zero-order chi connectivity index (χ0) is 20.9. The molecular weight excluding hydrogens is 342 g/mol. The van der Waals surface area contributed by atoms with E-state index in [1.165, 1.54) is 27.8 Å². The van der Waals surface area contributed by atoms with Crippen LogP contribution in [-0.4, -0.2) is 36.7 Å². The molecular formula is C21H35N3O3. The van der Waals surface area contributed by atoms with Gasteiger partial charge in [0, 0.05) is 18.8 Å². The van der Waals surface area contributed by atoms with Crippen molar-refractivity contribution < 1.29 is 14.3 Å². The minimum atomic E-state index is -0.660. The topological polar surface area (TPSA) is 79.5 Å². The number of ether oxygens (including phenoxy) is 1. The molecule has 0 aliphatic carbocycles. The fourth-order valence-corrected chi connectivity index (χ4v) is 2.84. The lowest BCUT2D eigenvalue weighted by Crippen LogP contribution is -2.47. The highest BCUT2D eigenvalue weighted by Gasteiger charge is 2.20. The maximum atomic E-state index is 12.1. The van der Waals surface area contributed by atoms with Gasteiger partial charge in [0.05, 0.1) is 0 Å². The molecule has 0 bridgehead atoms. The zero-order valence-corrected chi connectivity index (χ0v) is 18.2. The van der Waals surface area contributed by atoms with Gasteiger partial charge in [0.25, 0.3) is 0 Å². The van der Waals surface area contributed by atoms with E-state index in [0.29, 0.717) is 13.1 Å². The monoisotopic (exact) mass is 377 g/mol. The van der Waals surface area contributed by atoms with Crippen LogP contribution in [0, 0.1) is 34.6 Å². The van der Waals surface area contributed by atoms with Gasteiger partial charge in [-0.25, -0.2) is 4.79 Å². The molecule has 0 aliphatic rings. The summed E-state index contributed by atoms with van der Waals surface area (Å²) in [7, 11) is 0. The molecule has 0 saturated heterocycles. The first-order valence-corrected chi connectivity index (χ1v) is 9.43. The van der Waals surface area contributed by atoms with Crippen molar-refractivity contribution in [3.8, 4) is 0 Å². The molecule has 0 fully saturated rings. The molecule has 152 valence electrons. The molecule has 0 aromatic heterocycles. The van der Waals surface area contributed by atoms with Gasteiger partial charge >= 0.3 is 6.09 Å². The summed E-state index contributed by atoms with van der Waals surface area (Å²) in [5, 5.41) is 8.80. The second-order valence-corrected chi connectivity index (χ2v) is 8.09. The average Bonchev–Trinajstić information content (AvgIpc) is 2.55. The fraction of sp³-hybridized carbons (Fsp3) is 0.619. The highest BCUT2D eigenvalue weighted by Crippen LogP contribution is 2.29. The number of amides is 2. The van der Waals surface area contributed by atoms with Crippen molar-refractivity contribution in [3.05, 3.63) is 27.8 Å². The molecule has 0 saturated carbocycles. The second kappa shape index (κ2) is 9.11. The summed E-state index contributed by atoms with van der Waals surface area (Å²) >= 11 is 0. The van der Waals surface area contributed by atoms with Crippen molar-refractivity contribution in [1.29, 1.82) is 0 Å². The summed E-state index contributed by atoms with van der Waals surface area (Å²) in [5.74, 6) is -0.243. The van der Waals surface area contributed by atoms with Gasteiger partial charge in [0.2, 0.25) is 5.91 Å². The fourth-order valence-electron chi connectivity index (χ4n) is 2.84. The van der Waals surface area contributed by atoms with Gasteiger partial charge in [-0.3, -0.25) is 4.79 Å². The molecule has 1 unspecified atom stereocenters. The Hall–Kier alpha value is -2.24. The molecule has 2 amide bonds. The van der Waals surface area contributed by atoms with Crippen LogP contribution in [-0.2, 0) is 9.53 Å². The summed E-state index contributed by atoms with van der Waals surface area (Å²) in [6.07, 6.45) is -0.597. The molecule has 6 nitrogen and oxygen atoms in total. The van der Waals surface area contributed by atoms with Crippen LogP contribution in [0.4, 0.5) is 10.5 Å². The Labute approximate surface area is 163 Å². The Balaban J connectivity index is 2.53. The number of anilines is 1. The molecule has 1 atom stereocenters. The third kappa shape index (κ3) is 6.45. The van der Waals surface area contributed by atoms with E-state index < -0.39 is 17.7 Å². The average molecular weight is 378 g/mol. The number of nitrogens with one attached hydrogen (secondary N) is 3. The first-order valence-electron chi connectivity index (χ1n) is 9.43. The van der Waals surface area contributed by atoms with Crippen molar-refractivity contribution in [2.45, 2.75) is 74.0 Å². The van der Waals surface area contributed by atoms with Gasteiger partial charge in [-0.2, -0.15) is 0 Å². The SMILES string of the molecule is Cc1c(C)c(C)c(NCCNC(=O)C(C)NC(=O)OC(C)(C)C)c(C)c1C. The number of benzene rings is 1. The summed E-state index contributed by atoms with van der Waals surface area (Å²) in [5.41, 5.74) is 6.92. The predicted octanol–water partition coefficient (Wildman–Crippen LogP) is 3.67. The number of carbonyl (C=O) groups is 2. The van der Waals surface area contributed by atoms with Crippen LogP contribution in [0.15, 0.2) is 0 Å². The van der Waals surface area contributed by atoms with Gasteiger partial charge in [0.1, 0.15) is 11.6 Å². The number of carbonyl (C=O) groups excluding carboxylic acids is 2. The molecule has 0 aliphatic heterocycles. The molecule has 27 heavy (non-hydrogen) atoms. The lowest BCUT2D eigenvalue weighted by molar-refractivity contribution is -0.122. The van der Waals surface area contributed by atoms with Gasteiger partial charge in [0.15, 0.2) is 0 Å². The quantitative estimate of drug-likeness (QED) is 0.661. The summed E-state index contributed by atoms with van der Waals surface area (Å²) < 4.78 is 5.16. The van der Waals surface area contributed by atoms with E-state index in [9.17, 15) is 9.59 Å². The van der Waals surface area contributed by atoms with Gasteiger partial charge in [-0.15, -0.1) is 0 Å². The Morgan fingerprint density at radius 3 is 1.85 bits per heavy atom. The van der Waals surface area contributed by atoms with Crippen LogP contribution in [0.25, 0.3) is 0 Å². The van der Waals surface area contributed by atoms with E-state index in [1.807, 2.05) is 0 Å². The lowest BCUT2D eigenvalue weighted by Gasteiger charge is -2.22. The van der Waals surface area contributed by atoms with Gasteiger partial charge in [-0.05, 0) is 90.1 Å². The molecule has 1 rings (SSSR count). The smallest absolute Gasteiger partial charge is 0.408 e. The van der Waals surface area contributed by atoms with E-state index in [-0.39, 0.29) is 5.91 Å². The molecule has 6 heteroatoms. The number of rotatable bonds is 6. The van der Waals surface area contributed by atoms with Crippen molar-refractivity contribution in [2.75, 3.05) is 18.4 Å². The maximum Gasteiger partial charge on any atom is 0.408 e. The standard InChI is InChI=1S/C21H35N3O3/c1-12-13(2)15(4)18(16(5)14(12)3)22-10-11-23-19(25)17(6)24-20(26)27-21(7,8)9/h17,22H,10-11H2,1-9H3,(H,23,25)(H,24,26). The third-order valence-electron chi connectivity index (χ3n) is 4.85. The zero-order valence-electron chi connectivity index (χ0n) is 18.2. The molecule has 0 heterocycles. The second-order valence-electron chi connectivity index (χ2n) is 8.09. The number of alkyl carbamates (subject to hydrolysis) is 1. The van der Waals surface area contributed by atoms with Crippen LogP contribution in [0.5, 0.6) is 0 Å². The van der Waals surface area contributed by atoms with E-state index >= 15 is 0 Å². The number of hydrogen-bond donors (Lipinski definition) is 3. The summed E-state index contributed by atoms with van der Waals surface area (Å²) in [4.78, 5) is 23.9. The predicted molar refractivity (Wildman–Crippen MR) is 110 cm³/mol. The lowest BCUT2D eigenvalue weighted by atomic mass is 9.93. The highest BCUT2D eigenvalue weighted by molar-refractivity contribution is 5.85. The molecule has 1 aromatic rings. The Bertz CT molecular complexity index is 677. The Morgan fingerprint density at radius 2 is 1.37 bits per heavy atom. The van der Waals surface area contributed by atoms with Crippen molar-refractivity contribution in [2.24, 2.45) is 0 Å². The van der Waals surface area contributed by atoms with Crippen LogP contribution >= 0.6 is 0 Å². The van der Waals surface area contributed by atoms with Crippen molar-refractivity contribution in [1.82, 2.24) is 10.6 Å². The summed E-state index contributed by atoms with van der Waals surface area (Å²) in [6, 6.07) is -0.660. The normalized spacial score (nSPS) is 12.3. The first-order chi connectivity index (χ1) is 12.3. The molecule has 3 N–H and O–H groups in total. The van der Waals surface area contributed by atoms with Crippen LogP contribution in [0.3, 0.4) is 0 Å². The van der Waals surface area contributed by atoms with Crippen LogP contribution < -0.4 is 16.0 Å². The van der Waals surface area contributed by atoms with E-state index in [4.69, 9.17) is 4.74 Å². The Morgan fingerprint density at radius 1 is 0.889 bits per heavy atom. The summed E-state index contributed by atoms with van der Waals surface area (Å²) in [6.45, 7) is 18.7. The van der Waals surface area contributed by atoms with Gasteiger partial charge in [-0.1, -0.05) is 0 Å². The minimum Gasteiger partial charge on any atom is -0.444 e. The Kier molecular flexibility index (Phi) is 7.69. The molecule has 0 radical (unpaired) electrons. The largest absolute Gasteiger partial charge is 0.444 e. The van der Waals surface area contributed by atoms with E-state index in [0.717, 1.165) is 5.69 Å². The van der Waals surface area contributed by atoms with Crippen molar-refractivity contribution >= 4 is 17.7 Å². The molecule has 0 spiro atoms. The highest BCUT2D eigenvalue weighted by atomic mass is 16.6. The van der Waals surface area contributed by atoms with Crippen LogP contribution in [0.2, 0.25) is 0 Å². The maximum absolute atomic E-state index is 12.1. The van der Waals surface area contributed by atoms with E-state index in [2.05, 4.69) is 50.6 Å². The first kappa shape index (κ1) is 22.8. The van der Waals surface area contributed by atoms with Crippen molar-refractivity contribution in [3.63, 3.8) is 0 Å².